The van der Waals surface area contributed by atoms with Crippen LogP contribution in [0.2, 0.25) is 0 Å². The Bertz CT molecular complexity index is 597. The summed E-state index contributed by atoms with van der Waals surface area (Å²) >= 11 is 0. The third-order valence-electron chi connectivity index (χ3n) is 3.86. The molecule has 8 nitrogen and oxygen atoms in total. The van der Waals surface area contributed by atoms with Crippen LogP contribution >= 0.6 is 24.0 Å². The Morgan fingerprint density at radius 2 is 2.16 bits per heavy atom. The van der Waals surface area contributed by atoms with E-state index in [-0.39, 0.29) is 48.5 Å². The topological polar surface area (TPSA) is 87.4 Å². The number of halogens is 1. The standard InChI is InChI=1S/C16H29N7O.HI/c1-6-13-20-14-8-7-12(10-23(14)21-13)19-16(18-11(2)3)17-9-15(24)22(4)5;/h11-12H,6-10H2,1-5H3,(H2,17,18,19);1H. The molecule has 0 fully saturated rings. The lowest BCUT2D eigenvalue weighted by Crippen LogP contribution is -2.49. The number of aryl methyl sites for hydroxylation is 2. The minimum atomic E-state index is -0.0188. The molecule has 1 aromatic rings. The quantitative estimate of drug-likeness (QED) is 0.384. The van der Waals surface area contributed by atoms with Crippen molar-refractivity contribution in [1.82, 2.24) is 30.3 Å². The maximum Gasteiger partial charge on any atom is 0.243 e. The number of guanidine groups is 1. The fourth-order valence-corrected chi connectivity index (χ4v) is 2.52. The molecule has 0 aliphatic carbocycles. The van der Waals surface area contributed by atoms with Gasteiger partial charge in [-0.2, -0.15) is 5.10 Å². The van der Waals surface area contributed by atoms with E-state index in [1.165, 1.54) is 0 Å². The molecule has 0 spiro atoms. The van der Waals surface area contributed by atoms with Gasteiger partial charge < -0.3 is 15.5 Å². The number of nitrogens with one attached hydrogen (secondary N) is 2. The molecule has 1 atom stereocenters. The van der Waals surface area contributed by atoms with Crippen molar-refractivity contribution in [2.75, 3.05) is 20.6 Å². The van der Waals surface area contributed by atoms with Gasteiger partial charge in [0.15, 0.2) is 11.8 Å². The Balaban J connectivity index is 0.00000312. The zero-order valence-corrected chi connectivity index (χ0v) is 18.1. The van der Waals surface area contributed by atoms with Gasteiger partial charge in [-0.05, 0) is 20.3 Å². The fourth-order valence-electron chi connectivity index (χ4n) is 2.52. The van der Waals surface area contributed by atoms with E-state index in [2.05, 4.69) is 46.5 Å². The number of nitrogens with zero attached hydrogens (tertiary/aromatic N) is 5. The minimum Gasteiger partial charge on any atom is -0.354 e. The van der Waals surface area contributed by atoms with Crippen molar-refractivity contribution < 1.29 is 4.79 Å². The summed E-state index contributed by atoms with van der Waals surface area (Å²) in [5.41, 5.74) is 0. The van der Waals surface area contributed by atoms with E-state index in [0.29, 0.717) is 5.96 Å². The van der Waals surface area contributed by atoms with Crippen molar-refractivity contribution in [2.24, 2.45) is 4.99 Å². The molecule has 0 saturated carbocycles. The number of carbonyl (C=O) groups is 1. The Labute approximate surface area is 166 Å². The lowest BCUT2D eigenvalue weighted by atomic mass is 10.1. The van der Waals surface area contributed by atoms with Gasteiger partial charge in [0, 0.05) is 39.0 Å². The number of hydrogen-bond acceptors (Lipinski definition) is 4. The van der Waals surface area contributed by atoms with E-state index < -0.39 is 0 Å². The normalized spacial score (nSPS) is 16.9. The molecule has 2 rings (SSSR count). The van der Waals surface area contributed by atoms with Crippen molar-refractivity contribution >= 4 is 35.8 Å². The van der Waals surface area contributed by atoms with Crippen molar-refractivity contribution in [3.05, 3.63) is 11.6 Å². The molecular weight excluding hydrogens is 433 g/mol. The summed E-state index contributed by atoms with van der Waals surface area (Å²) in [6, 6.07) is 0.464. The predicted molar refractivity (Wildman–Crippen MR) is 109 cm³/mol. The molecule has 0 radical (unpaired) electrons. The van der Waals surface area contributed by atoms with Crippen LogP contribution in [0.1, 0.15) is 38.8 Å². The monoisotopic (exact) mass is 463 g/mol. The van der Waals surface area contributed by atoms with Gasteiger partial charge in [-0.1, -0.05) is 6.92 Å². The summed E-state index contributed by atoms with van der Waals surface area (Å²) in [4.78, 5) is 22.3. The number of aliphatic imine (C=N–C) groups is 1. The van der Waals surface area contributed by atoms with Crippen molar-refractivity contribution in [3.63, 3.8) is 0 Å². The molecule has 1 unspecified atom stereocenters. The first-order valence-electron chi connectivity index (χ1n) is 8.59. The molecule has 0 bridgehead atoms. The Hall–Kier alpha value is -1.39. The number of amides is 1. The summed E-state index contributed by atoms with van der Waals surface area (Å²) in [7, 11) is 3.47. The van der Waals surface area contributed by atoms with E-state index in [0.717, 1.165) is 37.5 Å². The number of rotatable bonds is 5. The highest BCUT2D eigenvalue weighted by atomic mass is 127. The molecule has 0 aromatic carbocycles. The highest BCUT2D eigenvalue weighted by Crippen LogP contribution is 2.13. The Morgan fingerprint density at radius 3 is 2.76 bits per heavy atom. The van der Waals surface area contributed by atoms with Gasteiger partial charge in [-0.3, -0.25) is 4.79 Å². The maximum atomic E-state index is 11.8. The molecule has 2 N–H and O–H groups in total. The number of carbonyl (C=O) groups excluding carboxylic acids is 1. The van der Waals surface area contributed by atoms with Crippen molar-refractivity contribution in [3.8, 4) is 0 Å². The van der Waals surface area contributed by atoms with Crippen LogP contribution in [0.4, 0.5) is 0 Å². The minimum absolute atomic E-state index is 0. The first-order chi connectivity index (χ1) is 11.4. The summed E-state index contributed by atoms with van der Waals surface area (Å²) in [6.45, 7) is 7.07. The molecular formula is C16H30IN7O. The molecule has 9 heteroatoms. The van der Waals surface area contributed by atoms with Gasteiger partial charge in [0.05, 0.1) is 6.54 Å². The van der Waals surface area contributed by atoms with Crippen molar-refractivity contribution in [2.45, 2.75) is 58.7 Å². The van der Waals surface area contributed by atoms with Gasteiger partial charge in [-0.15, -0.1) is 24.0 Å². The summed E-state index contributed by atoms with van der Waals surface area (Å²) < 4.78 is 1.98. The molecule has 0 saturated heterocycles. The van der Waals surface area contributed by atoms with E-state index in [4.69, 9.17) is 0 Å². The zero-order chi connectivity index (χ0) is 17.7. The highest BCUT2D eigenvalue weighted by molar-refractivity contribution is 14.0. The average molecular weight is 463 g/mol. The van der Waals surface area contributed by atoms with Crippen LogP contribution in [0, 0.1) is 0 Å². The third-order valence-corrected chi connectivity index (χ3v) is 3.86. The highest BCUT2D eigenvalue weighted by Gasteiger charge is 2.22. The third kappa shape index (κ3) is 6.44. The summed E-state index contributed by atoms with van der Waals surface area (Å²) in [5, 5.41) is 11.2. The summed E-state index contributed by atoms with van der Waals surface area (Å²) in [5.74, 6) is 2.61. The van der Waals surface area contributed by atoms with E-state index >= 15 is 0 Å². The van der Waals surface area contributed by atoms with Gasteiger partial charge >= 0.3 is 0 Å². The molecule has 1 aromatic heterocycles. The van der Waals surface area contributed by atoms with Gasteiger partial charge in [0.1, 0.15) is 12.4 Å². The first kappa shape index (κ1) is 21.7. The lowest BCUT2D eigenvalue weighted by Gasteiger charge is -2.26. The molecule has 1 aliphatic rings. The second kappa shape index (κ2) is 9.93. The number of hydrogen-bond donors (Lipinski definition) is 2. The van der Waals surface area contributed by atoms with E-state index in [9.17, 15) is 4.79 Å². The number of fused-ring (bicyclic) bond motifs is 1. The largest absolute Gasteiger partial charge is 0.354 e. The molecule has 25 heavy (non-hydrogen) atoms. The van der Waals surface area contributed by atoms with Crippen LogP contribution in [-0.4, -0.2) is 64.3 Å². The second-order valence-corrected chi connectivity index (χ2v) is 6.61. The van der Waals surface area contributed by atoms with Crippen LogP contribution in [0.25, 0.3) is 0 Å². The van der Waals surface area contributed by atoms with Gasteiger partial charge in [-0.25, -0.2) is 14.7 Å². The first-order valence-corrected chi connectivity index (χ1v) is 8.59. The molecule has 2 heterocycles. The number of aromatic nitrogens is 3. The van der Waals surface area contributed by atoms with Gasteiger partial charge in [0.25, 0.3) is 0 Å². The van der Waals surface area contributed by atoms with Crippen LogP contribution in [0.5, 0.6) is 0 Å². The van der Waals surface area contributed by atoms with Crippen LogP contribution in [-0.2, 0) is 24.2 Å². The maximum absolute atomic E-state index is 11.8. The van der Waals surface area contributed by atoms with Gasteiger partial charge in [0.2, 0.25) is 5.91 Å². The molecule has 142 valence electrons. The average Bonchev–Trinajstić information content (AvgIpc) is 2.94. The zero-order valence-electron chi connectivity index (χ0n) is 15.7. The fraction of sp³-hybridized carbons (Fsp3) is 0.750. The lowest BCUT2D eigenvalue weighted by molar-refractivity contribution is -0.127. The van der Waals surface area contributed by atoms with Crippen LogP contribution in [0.3, 0.4) is 0 Å². The Kier molecular flexibility index (Phi) is 8.60. The van der Waals surface area contributed by atoms with Crippen molar-refractivity contribution in [1.29, 1.82) is 0 Å². The van der Waals surface area contributed by atoms with E-state index in [1.54, 1.807) is 19.0 Å². The SMILES string of the molecule is CCc1nc2n(n1)CC(NC(=NCC(=O)N(C)C)NC(C)C)CC2.I. The number of likely N-dealkylation sites (N-methyl/N-ethyl adjacent to an activating group) is 1. The molecule has 1 aliphatic heterocycles. The van der Waals surface area contributed by atoms with Crippen LogP contribution < -0.4 is 10.6 Å². The van der Waals surface area contributed by atoms with Crippen LogP contribution in [0.15, 0.2) is 4.99 Å². The van der Waals surface area contributed by atoms with E-state index in [1.807, 2.05) is 4.68 Å². The molecule has 1 amide bonds. The predicted octanol–water partition coefficient (Wildman–Crippen LogP) is 0.805. The second-order valence-electron chi connectivity index (χ2n) is 6.61. The Morgan fingerprint density at radius 1 is 1.44 bits per heavy atom. The summed E-state index contributed by atoms with van der Waals surface area (Å²) in [6.07, 6.45) is 2.73. The smallest absolute Gasteiger partial charge is 0.243 e.